The molecule has 0 spiro atoms. The van der Waals surface area contributed by atoms with Gasteiger partial charge in [0.15, 0.2) is 5.82 Å². The van der Waals surface area contributed by atoms with Crippen LogP contribution < -0.4 is 10.6 Å². The Bertz CT molecular complexity index is 459. The predicted molar refractivity (Wildman–Crippen MR) is 71.9 cm³/mol. The van der Waals surface area contributed by atoms with E-state index in [2.05, 4.69) is 15.8 Å². The fourth-order valence-electron chi connectivity index (χ4n) is 1.31. The highest BCUT2D eigenvalue weighted by Gasteiger charge is 2.23. The van der Waals surface area contributed by atoms with Crippen molar-refractivity contribution in [2.24, 2.45) is 0 Å². The molecule has 3 N–H and O–H groups in total. The van der Waals surface area contributed by atoms with Crippen molar-refractivity contribution in [1.29, 1.82) is 0 Å². The zero-order valence-electron chi connectivity index (χ0n) is 11.0. The normalized spacial score (nSPS) is 13.7. The van der Waals surface area contributed by atoms with Crippen LogP contribution in [0.15, 0.2) is 10.6 Å². The van der Waals surface area contributed by atoms with E-state index in [1.54, 1.807) is 13.8 Å². The van der Waals surface area contributed by atoms with Crippen molar-refractivity contribution >= 4 is 29.4 Å². The lowest BCUT2D eigenvalue weighted by atomic mass is 10.1. The summed E-state index contributed by atoms with van der Waals surface area (Å²) in [6.07, 6.45) is 1.84. The molecule has 0 aliphatic carbocycles. The number of aromatic nitrogens is 1. The summed E-state index contributed by atoms with van der Waals surface area (Å²) in [6, 6.07) is 1.50. The van der Waals surface area contributed by atoms with Gasteiger partial charge in [0, 0.05) is 18.4 Å². The van der Waals surface area contributed by atoms with Gasteiger partial charge in [0.1, 0.15) is 5.76 Å². The highest BCUT2D eigenvalue weighted by molar-refractivity contribution is 7.98. The third kappa shape index (κ3) is 5.31. The smallest absolute Gasteiger partial charge is 0.314 e. The second-order valence-corrected chi connectivity index (χ2v) is 5.26. The van der Waals surface area contributed by atoms with Crippen LogP contribution in [0, 0.1) is 6.92 Å². The van der Waals surface area contributed by atoms with E-state index in [1.807, 2.05) is 6.26 Å². The van der Waals surface area contributed by atoms with Gasteiger partial charge in [0.05, 0.1) is 5.60 Å². The number of nitrogens with zero attached hydrogens (tertiary/aromatic N) is 1. The molecule has 0 saturated heterocycles. The Labute approximate surface area is 115 Å². The van der Waals surface area contributed by atoms with Gasteiger partial charge in [-0.25, -0.2) is 0 Å². The maximum Gasteiger partial charge on any atom is 0.314 e. The average molecular weight is 287 g/mol. The lowest BCUT2D eigenvalue weighted by molar-refractivity contribution is -0.136. The van der Waals surface area contributed by atoms with Gasteiger partial charge in [0.25, 0.3) is 0 Å². The van der Waals surface area contributed by atoms with E-state index in [0.717, 1.165) is 0 Å². The zero-order chi connectivity index (χ0) is 14.5. The van der Waals surface area contributed by atoms with Crippen LogP contribution in [0.5, 0.6) is 0 Å². The molecule has 1 aromatic heterocycles. The summed E-state index contributed by atoms with van der Waals surface area (Å²) in [5.74, 6) is -0.528. The fourth-order valence-corrected chi connectivity index (χ4v) is 2.04. The van der Waals surface area contributed by atoms with Gasteiger partial charge in [-0.15, -0.1) is 0 Å². The molecule has 106 valence electrons. The number of hydrogen-bond acceptors (Lipinski definition) is 6. The molecule has 0 aliphatic heterocycles. The second-order valence-electron chi connectivity index (χ2n) is 4.39. The molecule has 0 radical (unpaired) electrons. The Morgan fingerprint density at radius 3 is 2.74 bits per heavy atom. The fraction of sp³-hybridized carbons (Fsp3) is 0.545. The third-order valence-electron chi connectivity index (χ3n) is 2.16. The first-order valence-electron chi connectivity index (χ1n) is 5.58. The van der Waals surface area contributed by atoms with E-state index in [1.165, 1.54) is 17.8 Å². The molecule has 1 heterocycles. The quantitative estimate of drug-likeness (QED) is 0.666. The Morgan fingerprint density at radius 2 is 2.21 bits per heavy atom. The molecule has 7 nitrogen and oxygen atoms in total. The highest BCUT2D eigenvalue weighted by atomic mass is 32.2. The molecule has 0 saturated carbocycles. The predicted octanol–water partition coefficient (Wildman–Crippen LogP) is 0.152. The minimum absolute atomic E-state index is 0.00205. The van der Waals surface area contributed by atoms with Crippen LogP contribution in [0.1, 0.15) is 12.7 Å². The second kappa shape index (κ2) is 6.58. The Morgan fingerprint density at radius 1 is 1.53 bits per heavy atom. The summed E-state index contributed by atoms with van der Waals surface area (Å²) in [4.78, 5) is 23.0. The molecule has 1 unspecified atom stereocenters. The number of aryl methyl sites for hydroxylation is 1. The van der Waals surface area contributed by atoms with E-state index in [0.29, 0.717) is 11.5 Å². The first-order chi connectivity index (χ1) is 8.84. The van der Waals surface area contributed by atoms with Crippen LogP contribution in [0.3, 0.4) is 0 Å². The van der Waals surface area contributed by atoms with Crippen LogP contribution in [0.25, 0.3) is 0 Å². The lowest BCUT2D eigenvalue weighted by Gasteiger charge is -2.22. The van der Waals surface area contributed by atoms with E-state index in [-0.39, 0.29) is 12.4 Å². The van der Waals surface area contributed by atoms with E-state index in [9.17, 15) is 14.7 Å². The van der Waals surface area contributed by atoms with Gasteiger partial charge in [-0.3, -0.25) is 14.9 Å². The van der Waals surface area contributed by atoms with Crippen molar-refractivity contribution in [3.05, 3.63) is 11.8 Å². The number of carbonyl (C=O) groups is 2. The summed E-state index contributed by atoms with van der Waals surface area (Å²) in [5, 5.41) is 18.0. The summed E-state index contributed by atoms with van der Waals surface area (Å²) >= 11 is 1.45. The van der Waals surface area contributed by atoms with Crippen molar-refractivity contribution in [3.8, 4) is 0 Å². The number of hydrogen-bond donors (Lipinski definition) is 3. The zero-order valence-corrected chi connectivity index (χ0v) is 11.8. The lowest BCUT2D eigenvalue weighted by Crippen LogP contribution is -2.45. The summed E-state index contributed by atoms with van der Waals surface area (Å²) in [6.45, 7) is 3.25. The third-order valence-corrected chi connectivity index (χ3v) is 3.07. The van der Waals surface area contributed by atoms with E-state index in [4.69, 9.17) is 4.52 Å². The standard InChI is InChI=1S/C11H17N3O4S/c1-7-4-8(14-18-7)13-10(16)9(15)12-5-11(2,17)6-19-3/h4,17H,5-6H2,1-3H3,(H,12,15)(H,13,14,16). The van der Waals surface area contributed by atoms with Crippen molar-refractivity contribution < 1.29 is 19.2 Å². The molecule has 8 heteroatoms. The number of rotatable bonds is 5. The van der Waals surface area contributed by atoms with Gasteiger partial charge in [-0.1, -0.05) is 5.16 Å². The van der Waals surface area contributed by atoms with Crippen molar-refractivity contribution in [3.63, 3.8) is 0 Å². The van der Waals surface area contributed by atoms with E-state index >= 15 is 0 Å². The number of anilines is 1. The molecule has 1 rings (SSSR count). The minimum atomic E-state index is -1.06. The average Bonchev–Trinajstić information content (AvgIpc) is 2.71. The summed E-state index contributed by atoms with van der Waals surface area (Å²) in [5.41, 5.74) is -1.06. The molecule has 0 aliphatic rings. The number of aliphatic hydroxyl groups is 1. The topological polar surface area (TPSA) is 104 Å². The van der Waals surface area contributed by atoms with Gasteiger partial charge in [-0.2, -0.15) is 11.8 Å². The molecule has 1 aromatic rings. The SMILES string of the molecule is CSCC(C)(O)CNC(=O)C(=O)Nc1cc(C)on1. The number of thioether (sulfide) groups is 1. The maximum atomic E-state index is 11.5. The molecular weight excluding hydrogens is 270 g/mol. The van der Waals surface area contributed by atoms with Crippen molar-refractivity contribution in [1.82, 2.24) is 10.5 Å². The van der Waals surface area contributed by atoms with E-state index < -0.39 is 17.4 Å². The van der Waals surface area contributed by atoms with Crippen molar-refractivity contribution in [2.75, 3.05) is 23.9 Å². The molecule has 0 bridgehead atoms. The van der Waals surface area contributed by atoms with Crippen LogP contribution >= 0.6 is 11.8 Å². The molecule has 0 fully saturated rings. The molecule has 1 atom stereocenters. The van der Waals surface area contributed by atoms with Crippen LogP contribution in [-0.2, 0) is 9.59 Å². The van der Waals surface area contributed by atoms with Gasteiger partial charge >= 0.3 is 11.8 Å². The number of nitrogens with one attached hydrogen (secondary N) is 2. The number of amides is 2. The summed E-state index contributed by atoms with van der Waals surface area (Å²) < 4.78 is 4.75. The minimum Gasteiger partial charge on any atom is -0.387 e. The largest absolute Gasteiger partial charge is 0.387 e. The van der Waals surface area contributed by atoms with Crippen LogP contribution in [0.2, 0.25) is 0 Å². The molecule has 19 heavy (non-hydrogen) atoms. The highest BCUT2D eigenvalue weighted by Crippen LogP contribution is 2.09. The molecular formula is C11H17N3O4S. The summed E-state index contributed by atoms with van der Waals surface area (Å²) in [7, 11) is 0. The Kier molecular flexibility index (Phi) is 5.37. The van der Waals surface area contributed by atoms with Crippen LogP contribution in [0.4, 0.5) is 5.82 Å². The first kappa shape index (κ1) is 15.5. The van der Waals surface area contributed by atoms with Gasteiger partial charge in [0.2, 0.25) is 0 Å². The van der Waals surface area contributed by atoms with Crippen LogP contribution in [-0.4, -0.2) is 46.2 Å². The monoisotopic (exact) mass is 287 g/mol. The van der Waals surface area contributed by atoms with Gasteiger partial charge < -0.3 is 14.9 Å². The molecule has 0 aromatic carbocycles. The first-order valence-corrected chi connectivity index (χ1v) is 6.97. The maximum absolute atomic E-state index is 11.5. The Hall–Kier alpha value is -1.54. The van der Waals surface area contributed by atoms with Gasteiger partial charge in [-0.05, 0) is 20.1 Å². The van der Waals surface area contributed by atoms with Crippen molar-refractivity contribution in [2.45, 2.75) is 19.4 Å². The number of carbonyl (C=O) groups excluding carboxylic acids is 2. The molecule has 2 amide bonds. The Balaban J connectivity index is 2.43.